The van der Waals surface area contributed by atoms with Crippen molar-refractivity contribution in [2.75, 3.05) is 5.73 Å². The molecule has 1 heteroatoms. The summed E-state index contributed by atoms with van der Waals surface area (Å²) in [6.07, 6.45) is 14.6. The van der Waals surface area contributed by atoms with Gasteiger partial charge in [0.2, 0.25) is 0 Å². The number of nitrogen functional groups attached to an aromatic ring is 1. The van der Waals surface area contributed by atoms with Crippen LogP contribution in [0.25, 0.3) is 0 Å². The lowest BCUT2D eigenvalue weighted by atomic mass is 9.76. The van der Waals surface area contributed by atoms with Crippen molar-refractivity contribution in [2.24, 2.45) is 0 Å². The van der Waals surface area contributed by atoms with Crippen LogP contribution in [0.3, 0.4) is 0 Å². The maximum atomic E-state index is 7.45. The van der Waals surface area contributed by atoms with E-state index < -0.39 is 0 Å². The van der Waals surface area contributed by atoms with Gasteiger partial charge in [0.05, 0.1) is 0 Å². The summed E-state index contributed by atoms with van der Waals surface area (Å²) in [7, 11) is 0. The molecule has 0 aliphatic heterocycles. The number of hydrogen-bond donors (Lipinski definition) is 1. The van der Waals surface area contributed by atoms with Crippen LogP contribution in [0.1, 0.15) is 127 Å². The molecule has 0 heterocycles. The Kier molecular flexibility index (Phi) is 10.8. The lowest BCUT2D eigenvalue weighted by molar-refractivity contribution is 0.467. The third-order valence-electron chi connectivity index (χ3n) is 9.99. The maximum absolute atomic E-state index is 7.45. The van der Waals surface area contributed by atoms with E-state index in [9.17, 15) is 0 Å². The van der Waals surface area contributed by atoms with Crippen LogP contribution >= 0.6 is 0 Å². The summed E-state index contributed by atoms with van der Waals surface area (Å²) in [4.78, 5) is 0. The van der Waals surface area contributed by atoms with Gasteiger partial charge in [-0.15, -0.1) is 0 Å². The SMILES string of the molecule is Nc1c(C2CCCCCCCCCCC2)cc(C(c2ccccc2)c2ccccc2)cc1C(c1ccccc1)c1ccccc1. The van der Waals surface area contributed by atoms with Gasteiger partial charge >= 0.3 is 0 Å². The normalized spacial score (nSPS) is 15.4. The summed E-state index contributed by atoms with van der Waals surface area (Å²) in [5.74, 6) is 0.663. The molecule has 0 unspecified atom stereocenters. The van der Waals surface area contributed by atoms with Crippen LogP contribution in [0.4, 0.5) is 5.69 Å². The Labute approximate surface area is 271 Å². The average Bonchev–Trinajstić information content (AvgIpc) is 3.09. The van der Waals surface area contributed by atoms with Crippen molar-refractivity contribution in [2.45, 2.75) is 88.4 Å². The standard InChI is InChI=1S/C44H49N/c45-44-40(34-22-12-6-4-2-1-3-5-7-13-23-34)32-39(42(35-24-14-8-15-25-35)36-26-16-9-17-27-36)33-41(44)43(37-28-18-10-19-29-37)38-30-20-11-21-31-38/h8-11,14-21,24-34,42-43H,1-7,12-13,22-23,45H2. The van der Waals surface area contributed by atoms with Crippen LogP contribution in [0.15, 0.2) is 133 Å². The van der Waals surface area contributed by atoms with E-state index in [1.165, 1.54) is 110 Å². The van der Waals surface area contributed by atoms with Crippen LogP contribution in [0.5, 0.6) is 0 Å². The molecule has 45 heavy (non-hydrogen) atoms. The number of hydrogen-bond acceptors (Lipinski definition) is 1. The largest absolute Gasteiger partial charge is 0.398 e. The molecule has 0 aromatic heterocycles. The highest BCUT2D eigenvalue weighted by Gasteiger charge is 2.27. The fourth-order valence-electron chi connectivity index (χ4n) is 7.65. The van der Waals surface area contributed by atoms with Gasteiger partial charge in [0, 0.05) is 17.5 Å². The highest BCUT2D eigenvalue weighted by atomic mass is 14.6. The zero-order valence-corrected chi connectivity index (χ0v) is 26.8. The minimum atomic E-state index is 0.0598. The number of nitrogens with two attached hydrogens (primary N) is 1. The summed E-state index contributed by atoms with van der Waals surface area (Å²) >= 11 is 0. The van der Waals surface area contributed by atoms with Crippen LogP contribution in [0, 0.1) is 0 Å². The van der Waals surface area contributed by atoms with Gasteiger partial charge in [0.25, 0.3) is 0 Å². The Hall–Kier alpha value is -4.10. The van der Waals surface area contributed by atoms with E-state index in [4.69, 9.17) is 5.73 Å². The molecule has 1 aliphatic carbocycles. The molecule has 6 rings (SSSR count). The molecule has 0 bridgehead atoms. The molecule has 0 amide bonds. The van der Waals surface area contributed by atoms with E-state index in [1.54, 1.807) is 0 Å². The van der Waals surface area contributed by atoms with E-state index >= 15 is 0 Å². The monoisotopic (exact) mass is 591 g/mol. The van der Waals surface area contributed by atoms with Crippen molar-refractivity contribution in [1.29, 1.82) is 0 Å². The molecule has 1 saturated carbocycles. The second kappa shape index (κ2) is 15.8. The lowest BCUT2D eigenvalue weighted by Gasteiger charge is -2.29. The molecule has 0 spiro atoms. The predicted octanol–water partition coefficient (Wildman–Crippen LogP) is 12.0. The van der Waals surface area contributed by atoms with Gasteiger partial charge in [-0.25, -0.2) is 0 Å². The first-order valence-electron chi connectivity index (χ1n) is 17.4. The number of rotatable bonds is 7. The van der Waals surface area contributed by atoms with Gasteiger partial charge in [-0.1, -0.05) is 191 Å². The van der Waals surface area contributed by atoms with Crippen LogP contribution in [-0.4, -0.2) is 0 Å². The molecule has 5 aromatic carbocycles. The third-order valence-corrected chi connectivity index (χ3v) is 9.99. The molecule has 1 aliphatic rings. The molecule has 1 fully saturated rings. The Morgan fingerprint density at radius 2 is 0.756 bits per heavy atom. The smallest absolute Gasteiger partial charge is 0.0391 e. The second-order valence-electron chi connectivity index (χ2n) is 13.1. The Bertz CT molecular complexity index is 1490. The Morgan fingerprint density at radius 3 is 1.16 bits per heavy atom. The van der Waals surface area contributed by atoms with Crippen molar-refractivity contribution >= 4 is 5.69 Å². The molecule has 0 radical (unpaired) electrons. The van der Waals surface area contributed by atoms with Crippen molar-refractivity contribution in [3.8, 4) is 0 Å². The van der Waals surface area contributed by atoms with E-state index in [0.717, 1.165) is 5.69 Å². The molecule has 0 atom stereocenters. The van der Waals surface area contributed by atoms with Gasteiger partial charge in [0.1, 0.15) is 0 Å². The lowest BCUT2D eigenvalue weighted by Crippen LogP contribution is -2.14. The molecular weight excluding hydrogens is 542 g/mol. The highest BCUT2D eigenvalue weighted by Crippen LogP contribution is 2.44. The van der Waals surface area contributed by atoms with Crippen molar-refractivity contribution in [1.82, 2.24) is 0 Å². The molecule has 0 saturated heterocycles. The first kappa shape index (κ1) is 30.9. The molecule has 1 nitrogen and oxygen atoms in total. The van der Waals surface area contributed by atoms with Crippen molar-refractivity contribution in [3.05, 3.63) is 172 Å². The fourth-order valence-corrected chi connectivity index (χ4v) is 7.65. The van der Waals surface area contributed by atoms with Crippen molar-refractivity contribution in [3.63, 3.8) is 0 Å². The van der Waals surface area contributed by atoms with Gasteiger partial charge in [-0.2, -0.15) is 0 Å². The summed E-state index contributed by atoms with van der Waals surface area (Å²) in [6, 6.07) is 49.0. The zero-order chi connectivity index (χ0) is 30.7. The van der Waals surface area contributed by atoms with Crippen LogP contribution < -0.4 is 5.73 Å². The molecule has 2 N–H and O–H groups in total. The highest BCUT2D eigenvalue weighted by molar-refractivity contribution is 5.64. The Balaban J connectivity index is 1.55. The van der Waals surface area contributed by atoms with E-state index in [0.29, 0.717) is 5.92 Å². The second-order valence-corrected chi connectivity index (χ2v) is 13.1. The van der Waals surface area contributed by atoms with E-state index in [2.05, 4.69) is 133 Å². The molecule has 5 aromatic rings. The summed E-state index contributed by atoms with van der Waals surface area (Å²) in [5.41, 5.74) is 17.6. The fraction of sp³-hybridized carbons (Fsp3) is 0.318. The van der Waals surface area contributed by atoms with Gasteiger partial charge in [-0.3, -0.25) is 0 Å². The average molecular weight is 592 g/mol. The van der Waals surface area contributed by atoms with Crippen molar-refractivity contribution < 1.29 is 0 Å². The topological polar surface area (TPSA) is 26.0 Å². The Morgan fingerprint density at radius 1 is 0.400 bits per heavy atom. The first-order valence-corrected chi connectivity index (χ1v) is 17.4. The molecule has 230 valence electrons. The first-order chi connectivity index (χ1) is 22.3. The van der Waals surface area contributed by atoms with Gasteiger partial charge < -0.3 is 5.73 Å². The summed E-state index contributed by atoms with van der Waals surface area (Å²) in [6.45, 7) is 0. The van der Waals surface area contributed by atoms with Crippen LogP contribution in [0.2, 0.25) is 0 Å². The third kappa shape index (κ3) is 7.77. The van der Waals surface area contributed by atoms with Crippen LogP contribution in [-0.2, 0) is 0 Å². The number of anilines is 1. The van der Waals surface area contributed by atoms with Gasteiger partial charge in [0.15, 0.2) is 0 Å². The quantitative estimate of drug-likeness (QED) is 0.148. The molecular formula is C44H49N. The predicted molar refractivity (Wildman–Crippen MR) is 192 cm³/mol. The van der Waals surface area contributed by atoms with E-state index in [1.807, 2.05) is 0 Å². The maximum Gasteiger partial charge on any atom is 0.0391 e. The van der Waals surface area contributed by atoms with Gasteiger partial charge in [-0.05, 0) is 57.7 Å². The summed E-state index contributed by atoms with van der Waals surface area (Å²) < 4.78 is 0. The minimum Gasteiger partial charge on any atom is -0.398 e. The van der Waals surface area contributed by atoms with E-state index in [-0.39, 0.29) is 11.8 Å². The summed E-state index contributed by atoms with van der Waals surface area (Å²) in [5, 5.41) is 0. The zero-order valence-electron chi connectivity index (χ0n) is 26.8. The number of benzene rings is 5. The minimum absolute atomic E-state index is 0.0598.